The Morgan fingerprint density at radius 1 is 1.25 bits per heavy atom. The molecule has 0 saturated carbocycles. The van der Waals surface area contributed by atoms with E-state index in [1.54, 1.807) is 0 Å². The van der Waals surface area contributed by atoms with Crippen molar-refractivity contribution in [2.45, 2.75) is 14.8 Å². The molecule has 1 aromatic heterocycles. The van der Waals surface area contributed by atoms with Gasteiger partial charge in [0.05, 0.1) is 0 Å². The van der Waals surface area contributed by atoms with Crippen LogP contribution < -0.4 is 15.0 Å². The average molecular weight is 276 g/mol. The van der Waals surface area contributed by atoms with Gasteiger partial charge in [0.15, 0.2) is 0 Å². The monoisotopic (exact) mass is 277 g/mol. The van der Waals surface area contributed by atoms with Crippen molar-refractivity contribution in [1.29, 1.82) is 0 Å². The molecule has 0 spiro atoms. The summed E-state index contributed by atoms with van der Waals surface area (Å²) in [5.41, 5.74) is -0.874. The van der Waals surface area contributed by atoms with Gasteiger partial charge in [-0.05, 0) is 0 Å². The minimum atomic E-state index is -2.43. The first kappa shape index (κ1) is 9.50. The van der Waals surface area contributed by atoms with Gasteiger partial charge in [-0.15, -0.1) is 0 Å². The Labute approximate surface area is 73.1 Å². The number of nitrogens with zero attached hydrogens (tertiary/aromatic N) is 1. The van der Waals surface area contributed by atoms with Crippen molar-refractivity contribution < 1.29 is 0 Å². The number of hydrogen-bond donors (Lipinski definition) is 2. The van der Waals surface area contributed by atoms with E-state index in [9.17, 15) is 9.59 Å². The second kappa shape index (κ2) is 3.04. The Morgan fingerprint density at radius 3 is 2.25 bits per heavy atom. The number of hydrogen-bond acceptors (Lipinski definition) is 3. The minimum absolute atomic E-state index is 0.331. The summed E-state index contributed by atoms with van der Waals surface area (Å²) in [4.78, 5) is 30.2. The molecule has 6 heteroatoms. The summed E-state index contributed by atoms with van der Waals surface area (Å²) in [6, 6.07) is 0. The van der Waals surface area contributed by atoms with E-state index in [-0.39, 0.29) is 5.56 Å². The molecular weight excluding hydrogens is 265 g/mol. The van der Waals surface area contributed by atoms with Crippen LogP contribution in [0.4, 0.5) is 0 Å². The normalized spacial score (nSPS) is 11.6. The van der Waals surface area contributed by atoms with Gasteiger partial charge in [-0.3, -0.25) is 0 Å². The summed E-state index contributed by atoms with van der Waals surface area (Å²) in [7, 11) is 0. The van der Waals surface area contributed by atoms with Gasteiger partial charge in [0.2, 0.25) is 0 Å². The van der Waals surface area contributed by atoms with E-state index in [2.05, 4.69) is 30.0 Å². The Balaban J connectivity index is 3.39. The van der Waals surface area contributed by atoms with E-state index >= 15 is 0 Å². The molecule has 0 saturated heterocycles. The van der Waals surface area contributed by atoms with Crippen molar-refractivity contribution in [2.24, 2.45) is 0 Å². The molecule has 1 rings (SSSR count). The van der Waals surface area contributed by atoms with Gasteiger partial charge < -0.3 is 0 Å². The van der Waals surface area contributed by atoms with E-state index in [1.807, 2.05) is 0 Å². The van der Waals surface area contributed by atoms with Crippen LogP contribution in [0.3, 0.4) is 0 Å². The first-order valence-corrected chi connectivity index (χ1v) is 13.6. The summed E-state index contributed by atoms with van der Waals surface area (Å²) < 4.78 is 0.545. The number of aromatic nitrogens is 3. The van der Waals surface area contributed by atoms with E-state index in [1.165, 1.54) is 0 Å². The van der Waals surface area contributed by atoms with E-state index in [4.69, 9.17) is 0 Å². The molecule has 66 valence electrons. The van der Waals surface area contributed by atoms with Gasteiger partial charge >= 0.3 is 72.9 Å². The quantitative estimate of drug-likeness (QED) is 0.646. The molecule has 0 atom stereocenters. The Hall–Kier alpha value is -0.591. The van der Waals surface area contributed by atoms with Crippen molar-refractivity contribution in [3.63, 3.8) is 0 Å². The van der Waals surface area contributed by atoms with E-state index in [0.717, 1.165) is 0 Å². The van der Waals surface area contributed by atoms with Gasteiger partial charge in [0.25, 0.3) is 0 Å². The predicted molar refractivity (Wildman–Crippen MR) is 48.5 cm³/mol. The molecule has 2 N–H and O–H groups in total. The Bertz CT molecular complexity index is 387. The molecule has 0 aliphatic rings. The Kier molecular flexibility index (Phi) is 2.41. The standard InChI is InChI=1S/C3H2N3O2.3CH3.Sn/c7-2-1-4-6-3(8)5-2;;;;/h(H2,5,6,7,8);3*1H3;. The summed E-state index contributed by atoms with van der Waals surface area (Å²) in [5, 5.41) is 6.00. The van der Waals surface area contributed by atoms with Crippen LogP contribution in [-0.2, 0) is 0 Å². The fourth-order valence-electron chi connectivity index (χ4n) is 0.856. The zero-order chi connectivity index (χ0) is 9.35. The molecule has 5 nitrogen and oxygen atoms in total. The summed E-state index contributed by atoms with van der Waals surface area (Å²) in [5.74, 6) is 0. The van der Waals surface area contributed by atoms with Gasteiger partial charge in [-0.1, -0.05) is 0 Å². The number of nitrogens with one attached hydrogen (secondary N) is 2. The van der Waals surface area contributed by atoms with Crippen LogP contribution in [0.2, 0.25) is 14.8 Å². The molecule has 0 amide bonds. The first-order chi connectivity index (χ1) is 5.41. The SMILES string of the molecule is [CH3][Sn]([CH3])([CH3])[c]1n[nH]c(=O)[nH]c1=O. The summed E-state index contributed by atoms with van der Waals surface area (Å²) in [6.45, 7) is 0. The van der Waals surface area contributed by atoms with Gasteiger partial charge in [-0.2, -0.15) is 0 Å². The van der Waals surface area contributed by atoms with Gasteiger partial charge in [0, 0.05) is 0 Å². The predicted octanol–water partition coefficient (Wildman–Crippen LogP) is -0.997. The third kappa shape index (κ3) is 1.96. The summed E-state index contributed by atoms with van der Waals surface area (Å²) in [6.07, 6.45) is 0. The molecule has 1 heterocycles. The number of H-pyrrole nitrogens is 2. The maximum absolute atomic E-state index is 11.2. The zero-order valence-corrected chi connectivity index (χ0v) is 10.1. The van der Waals surface area contributed by atoms with Gasteiger partial charge in [0.1, 0.15) is 0 Å². The fraction of sp³-hybridized carbons (Fsp3) is 0.500. The third-order valence-electron chi connectivity index (χ3n) is 1.42. The summed E-state index contributed by atoms with van der Waals surface area (Å²) >= 11 is -2.43. The van der Waals surface area contributed by atoms with E-state index in [0.29, 0.717) is 3.71 Å². The molecule has 0 radical (unpaired) electrons. The fourth-order valence-corrected chi connectivity index (χ4v) is 4.10. The molecular formula is C6H11N3O2Sn. The van der Waals surface area contributed by atoms with Crippen LogP contribution in [0.5, 0.6) is 0 Å². The molecule has 12 heavy (non-hydrogen) atoms. The van der Waals surface area contributed by atoms with Crippen LogP contribution in [0.1, 0.15) is 0 Å². The van der Waals surface area contributed by atoms with Crippen molar-refractivity contribution in [3.8, 4) is 0 Å². The zero-order valence-electron chi connectivity index (χ0n) is 7.26. The number of aromatic amines is 2. The van der Waals surface area contributed by atoms with Crippen LogP contribution in [0, 0.1) is 0 Å². The molecule has 0 aliphatic carbocycles. The van der Waals surface area contributed by atoms with Crippen LogP contribution in [0.15, 0.2) is 9.59 Å². The maximum atomic E-state index is 11.2. The van der Waals surface area contributed by atoms with Crippen LogP contribution >= 0.6 is 0 Å². The van der Waals surface area contributed by atoms with Crippen LogP contribution in [0.25, 0.3) is 0 Å². The topological polar surface area (TPSA) is 78.6 Å². The molecule has 0 unspecified atom stereocenters. The molecule has 1 aromatic rings. The van der Waals surface area contributed by atoms with Crippen molar-refractivity contribution in [1.82, 2.24) is 15.2 Å². The number of rotatable bonds is 1. The molecule has 0 aliphatic heterocycles. The van der Waals surface area contributed by atoms with Gasteiger partial charge in [-0.25, -0.2) is 0 Å². The average Bonchev–Trinajstić information content (AvgIpc) is 1.83. The Morgan fingerprint density at radius 2 is 1.83 bits per heavy atom. The van der Waals surface area contributed by atoms with E-state index < -0.39 is 24.1 Å². The van der Waals surface area contributed by atoms with Crippen LogP contribution in [-0.4, -0.2) is 33.6 Å². The molecule has 0 fully saturated rings. The van der Waals surface area contributed by atoms with Crippen molar-refractivity contribution in [2.75, 3.05) is 0 Å². The van der Waals surface area contributed by atoms with Crippen molar-refractivity contribution in [3.05, 3.63) is 20.8 Å². The second-order valence-corrected chi connectivity index (χ2v) is 17.8. The van der Waals surface area contributed by atoms with Crippen molar-refractivity contribution >= 4 is 22.1 Å². The molecule has 0 aromatic carbocycles. The molecule has 0 bridgehead atoms. The first-order valence-electron chi connectivity index (χ1n) is 3.61. The third-order valence-corrected chi connectivity index (χ3v) is 6.44. The second-order valence-electron chi connectivity index (χ2n) is 3.61.